The van der Waals surface area contributed by atoms with Crippen LogP contribution in [-0.2, 0) is 0 Å². The second kappa shape index (κ2) is 5.13. The number of hydrogen-bond donors (Lipinski definition) is 0. The van der Waals surface area contributed by atoms with E-state index >= 15 is 0 Å². The van der Waals surface area contributed by atoms with Gasteiger partial charge in [0, 0.05) is 16.2 Å². The molecule has 3 rings (SSSR count). The monoisotopic (exact) mass is 333 g/mol. The minimum absolute atomic E-state index is 0.471. The van der Waals surface area contributed by atoms with Crippen molar-refractivity contribution in [3.8, 4) is 23.0 Å². The Morgan fingerprint density at radius 2 is 1.90 bits per heavy atom. The maximum absolute atomic E-state index is 5.34. The lowest BCUT2D eigenvalue weighted by molar-refractivity contribution is 0.369. The van der Waals surface area contributed by atoms with Crippen molar-refractivity contribution in [2.45, 2.75) is 0 Å². The van der Waals surface area contributed by atoms with Gasteiger partial charge in [-0.1, -0.05) is 34.1 Å². The fourth-order valence-corrected chi connectivity index (χ4v) is 2.47. The number of hydrogen-bond acceptors (Lipinski definition) is 4. The average molecular weight is 334 g/mol. The molecule has 0 aliphatic carbocycles. The molecule has 5 nitrogen and oxygen atoms in total. The van der Waals surface area contributed by atoms with Crippen LogP contribution in [0, 0.1) is 0 Å². The van der Waals surface area contributed by atoms with E-state index in [-0.39, 0.29) is 0 Å². The SMILES string of the molecule is COc1cc(OC)n2cc(-c3ccccc3Br)nc2n1. The number of benzene rings is 1. The first kappa shape index (κ1) is 12.9. The van der Waals surface area contributed by atoms with Gasteiger partial charge in [0.05, 0.1) is 26.0 Å². The molecule has 0 unspecified atom stereocenters. The van der Waals surface area contributed by atoms with Crippen molar-refractivity contribution in [2.24, 2.45) is 0 Å². The molecular weight excluding hydrogens is 322 g/mol. The Hall–Kier alpha value is -2.08. The van der Waals surface area contributed by atoms with Gasteiger partial charge in [-0.25, -0.2) is 4.98 Å². The predicted molar refractivity (Wildman–Crippen MR) is 79.2 cm³/mol. The molecule has 3 aromatic rings. The van der Waals surface area contributed by atoms with Gasteiger partial charge < -0.3 is 9.47 Å². The van der Waals surface area contributed by atoms with Crippen LogP contribution in [0.2, 0.25) is 0 Å². The van der Waals surface area contributed by atoms with Crippen molar-refractivity contribution < 1.29 is 9.47 Å². The molecule has 0 spiro atoms. The van der Waals surface area contributed by atoms with Crippen LogP contribution in [0.5, 0.6) is 11.8 Å². The van der Waals surface area contributed by atoms with Crippen molar-refractivity contribution in [3.05, 3.63) is 41.0 Å². The topological polar surface area (TPSA) is 48.7 Å². The maximum atomic E-state index is 5.34. The molecule has 2 aromatic heterocycles. The van der Waals surface area contributed by atoms with E-state index in [1.165, 1.54) is 0 Å². The van der Waals surface area contributed by atoms with E-state index in [0.29, 0.717) is 17.5 Å². The minimum Gasteiger partial charge on any atom is -0.482 e. The third kappa shape index (κ3) is 2.12. The summed E-state index contributed by atoms with van der Waals surface area (Å²) in [5.41, 5.74) is 1.82. The summed E-state index contributed by atoms with van der Waals surface area (Å²) in [6.07, 6.45) is 1.89. The molecule has 0 amide bonds. The largest absolute Gasteiger partial charge is 0.482 e. The highest BCUT2D eigenvalue weighted by Gasteiger charge is 2.12. The smallest absolute Gasteiger partial charge is 0.240 e. The van der Waals surface area contributed by atoms with Crippen molar-refractivity contribution in [3.63, 3.8) is 0 Å². The number of halogens is 1. The normalized spacial score (nSPS) is 10.8. The molecular formula is C14H12BrN3O2. The van der Waals surface area contributed by atoms with Crippen LogP contribution in [-0.4, -0.2) is 28.6 Å². The number of nitrogens with zero attached hydrogens (tertiary/aromatic N) is 3. The van der Waals surface area contributed by atoms with E-state index < -0.39 is 0 Å². The Labute approximate surface area is 124 Å². The van der Waals surface area contributed by atoms with E-state index in [2.05, 4.69) is 25.9 Å². The molecule has 0 aliphatic rings. The Kier molecular flexibility index (Phi) is 3.31. The number of fused-ring (bicyclic) bond motifs is 1. The zero-order chi connectivity index (χ0) is 14.1. The third-order valence-electron chi connectivity index (χ3n) is 2.95. The number of ether oxygens (including phenoxy) is 2. The molecule has 0 bridgehead atoms. The summed E-state index contributed by atoms with van der Waals surface area (Å²) in [6, 6.07) is 9.62. The Bertz CT molecular complexity index is 770. The van der Waals surface area contributed by atoms with Gasteiger partial charge in [0.25, 0.3) is 0 Å². The zero-order valence-corrected chi connectivity index (χ0v) is 12.6. The molecule has 0 radical (unpaired) electrons. The summed E-state index contributed by atoms with van der Waals surface area (Å²) in [7, 11) is 3.17. The molecule has 0 saturated carbocycles. The number of aromatic nitrogens is 3. The quantitative estimate of drug-likeness (QED) is 0.738. The van der Waals surface area contributed by atoms with E-state index in [1.54, 1.807) is 24.7 Å². The lowest BCUT2D eigenvalue weighted by Crippen LogP contribution is -1.97. The summed E-state index contributed by atoms with van der Waals surface area (Å²) in [6.45, 7) is 0. The van der Waals surface area contributed by atoms with Crippen LogP contribution in [0.1, 0.15) is 0 Å². The van der Waals surface area contributed by atoms with Gasteiger partial charge >= 0.3 is 0 Å². The van der Waals surface area contributed by atoms with Gasteiger partial charge in [-0.15, -0.1) is 0 Å². The summed E-state index contributed by atoms with van der Waals surface area (Å²) >= 11 is 3.53. The van der Waals surface area contributed by atoms with Crippen LogP contribution in [0.15, 0.2) is 41.0 Å². The van der Waals surface area contributed by atoms with Gasteiger partial charge in [-0.05, 0) is 6.07 Å². The van der Waals surface area contributed by atoms with Crippen LogP contribution in [0.3, 0.4) is 0 Å². The maximum Gasteiger partial charge on any atom is 0.240 e. The number of methoxy groups -OCH3 is 2. The second-order valence-electron chi connectivity index (χ2n) is 4.12. The van der Waals surface area contributed by atoms with Gasteiger partial charge in [-0.2, -0.15) is 4.98 Å². The first-order valence-electron chi connectivity index (χ1n) is 5.96. The zero-order valence-electron chi connectivity index (χ0n) is 11.0. The highest BCUT2D eigenvalue weighted by molar-refractivity contribution is 9.10. The molecule has 0 fully saturated rings. The average Bonchev–Trinajstić information content (AvgIpc) is 2.90. The second-order valence-corrected chi connectivity index (χ2v) is 4.97. The van der Waals surface area contributed by atoms with E-state index in [9.17, 15) is 0 Å². The molecule has 0 atom stereocenters. The summed E-state index contributed by atoms with van der Waals surface area (Å²) in [5, 5.41) is 0. The van der Waals surface area contributed by atoms with Gasteiger partial charge in [-0.3, -0.25) is 4.40 Å². The van der Waals surface area contributed by atoms with Crippen LogP contribution in [0.25, 0.3) is 17.0 Å². The predicted octanol–water partition coefficient (Wildman–Crippen LogP) is 3.18. The molecule has 0 N–H and O–H groups in total. The summed E-state index contributed by atoms with van der Waals surface area (Å²) < 4.78 is 13.3. The van der Waals surface area contributed by atoms with E-state index in [4.69, 9.17) is 9.47 Å². The van der Waals surface area contributed by atoms with Crippen molar-refractivity contribution >= 4 is 21.7 Å². The standard InChI is InChI=1S/C14H12BrN3O2/c1-19-12-7-13(20-2)18-8-11(16-14(18)17-12)9-5-3-4-6-10(9)15/h3-8H,1-2H3. The van der Waals surface area contributed by atoms with Crippen LogP contribution >= 0.6 is 15.9 Å². The first-order valence-corrected chi connectivity index (χ1v) is 6.75. The van der Waals surface area contributed by atoms with Crippen LogP contribution in [0.4, 0.5) is 0 Å². The molecule has 20 heavy (non-hydrogen) atoms. The Morgan fingerprint density at radius 3 is 2.60 bits per heavy atom. The summed E-state index contributed by atoms with van der Waals surface area (Å²) in [5.74, 6) is 1.63. The molecule has 1 aromatic carbocycles. The Balaban J connectivity index is 2.22. The lowest BCUT2D eigenvalue weighted by Gasteiger charge is -2.04. The van der Waals surface area contributed by atoms with Gasteiger partial charge in [0.2, 0.25) is 17.5 Å². The van der Waals surface area contributed by atoms with Gasteiger partial charge in [0.1, 0.15) is 0 Å². The fourth-order valence-electron chi connectivity index (χ4n) is 1.98. The molecule has 0 aliphatic heterocycles. The molecule has 2 heterocycles. The lowest BCUT2D eigenvalue weighted by atomic mass is 10.2. The van der Waals surface area contributed by atoms with E-state index in [0.717, 1.165) is 15.7 Å². The molecule has 6 heteroatoms. The highest BCUT2D eigenvalue weighted by atomic mass is 79.9. The third-order valence-corrected chi connectivity index (χ3v) is 3.64. The van der Waals surface area contributed by atoms with Gasteiger partial charge in [0.15, 0.2) is 0 Å². The molecule has 0 saturated heterocycles. The fraction of sp³-hybridized carbons (Fsp3) is 0.143. The first-order chi connectivity index (χ1) is 9.72. The van der Waals surface area contributed by atoms with Crippen molar-refractivity contribution in [1.29, 1.82) is 0 Å². The number of imidazole rings is 1. The molecule has 102 valence electrons. The Morgan fingerprint density at radius 1 is 1.10 bits per heavy atom. The minimum atomic E-state index is 0.471. The van der Waals surface area contributed by atoms with Crippen LogP contribution < -0.4 is 9.47 Å². The summed E-state index contributed by atoms with van der Waals surface area (Å²) in [4.78, 5) is 8.84. The van der Waals surface area contributed by atoms with Crippen molar-refractivity contribution in [1.82, 2.24) is 14.4 Å². The number of rotatable bonds is 3. The van der Waals surface area contributed by atoms with Crippen molar-refractivity contribution in [2.75, 3.05) is 14.2 Å². The van der Waals surface area contributed by atoms with E-state index in [1.807, 2.05) is 30.5 Å². The highest BCUT2D eigenvalue weighted by Crippen LogP contribution is 2.29.